The highest BCUT2D eigenvalue weighted by Crippen LogP contribution is 2.12. The van der Waals surface area contributed by atoms with E-state index in [0.717, 1.165) is 0 Å². The first-order chi connectivity index (χ1) is 4.72. The van der Waals surface area contributed by atoms with Crippen LogP contribution in [0.1, 0.15) is 13.8 Å². The lowest BCUT2D eigenvalue weighted by Gasteiger charge is -2.14. The van der Waals surface area contributed by atoms with E-state index in [-0.39, 0.29) is 0 Å². The first-order valence-corrected chi connectivity index (χ1v) is 4.11. The first kappa shape index (κ1) is 10.5. The molecule has 0 radical (unpaired) electrons. The molecule has 0 fully saturated rings. The Morgan fingerprint density at radius 2 is 1.30 bits per heavy atom. The molecule has 0 aromatic carbocycles. The third-order valence-corrected chi connectivity index (χ3v) is 1.70. The van der Waals surface area contributed by atoms with E-state index in [4.69, 9.17) is 32.7 Å². The molecule has 0 rings (SSSR count). The van der Waals surface area contributed by atoms with Gasteiger partial charge in [-0.1, -0.05) is 23.2 Å². The maximum atomic E-state index is 5.63. The van der Waals surface area contributed by atoms with Crippen LogP contribution in [-0.2, 0) is 9.47 Å². The van der Waals surface area contributed by atoms with Gasteiger partial charge < -0.3 is 9.47 Å². The smallest absolute Gasteiger partial charge is 0.170 e. The van der Waals surface area contributed by atoms with Crippen molar-refractivity contribution in [2.24, 2.45) is 0 Å². The van der Waals surface area contributed by atoms with Gasteiger partial charge in [0.05, 0.1) is 0 Å². The van der Waals surface area contributed by atoms with Crippen molar-refractivity contribution in [2.45, 2.75) is 25.0 Å². The Morgan fingerprint density at radius 3 is 1.50 bits per heavy atom. The second-order valence-corrected chi connectivity index (χ2v) is 2.47. The molecule has 0 aliphatic heterocycles. The lowest BCUT2D eigenvalue weighted by molar-refractivity contribution is 0.0124. The van der Waals surface area contributed by atoms with Gasteiger partial charge in [-0.15, -0.1) is 0 Å². The fraction of sp³-hybridized carbons (Fsp3) is 1.00. The summed E-state index contributed by atoms with van der Waals surface area (Å²) in [5.41, 5.74) is -1.10. The predicted octanol–water partition coefficient (Wildman–Crippen LogP) is 2.19. The number of halogens is 2. The summed E-state index contributed by atoms with van der Waals surface area (Å²) in [4.78, 5) is 0. The minimum absolute atomic E-state index is 0.546. The maximum absolute atomic E-state index is 5.63. The topological polar surface area (TPSA) is 18.5 Å². The monoisotopic (exact) mass is 186 g/mol. The summed E-state index contributed by atoms with van der Waals surface area (Å²) < 4.78 is 9.93. The van der Waals surface area contributed by atoms with E-state index >= 15 is 0 Å². The van der Waals surface area contributed by atoms with Gasteiger partial charge in [-0.25, -0.2) is 0 Å². The van der Waals surface area contributed by atoms with Crippen LogP contribution in [0.4, 0.5) is 0 Å². The minimum Gasteiger partial charge on any atom is -0.359 e. The Bertz CT molecular complexity index is 70.1. The van der Waals surface area contributed by atoms with Gasteiger partial charge in [0.15, 0.2) is 11.1 Å². The largest absolute Gasteiger partial charge is 0.359 e. The Morgan fingerprint density at radius 1 is 1.00 bits per heavy atom. The summed E-state index contributed by atoms with van der Waals surface area (Å²) in [6.07, 6.45) is 0. The lowest BCUT2D eigenvalue weighted by atomic mass is 10.7. The molecule has 0 aromatic rings. The summed E-state index contributed by atoms with van der Waals surface area (Å²) in [5.74, 6) is 0. The summed E-state index contributed by atoms with van der Waals surface area (Å²) in [6.45, 7) is 4.80. The van der Waals surface area contributed by atoms with Gasteiger partial charge in [-0.05, 0) is 13.8 Å². The van der Waals surface area contributed by atoms with E-state index in [1.165, 1.54) is 0 Å². The van der Waals surface area contributed by atoms with Crippen LogP contribution in [0.3, 0.4) is 0 Å². The summed E-state index contributed by atoms with van der Waals surface area (Å²) in [7, 11) is 0. The van der Waals surface area contributed by atoms with Crippen LogP contribution in [0.5, 0.6) is 0 Å². The number of ether oxygens (including phenoxy) is 2. The van der Waals surface area contributed by atoms with Crippen LogP contribution in [-0.4, -0.2) is 24.3 Å². The maximum Gasteiger partial charge on any atom is 0.170 e. The Kier molecular flexibility index (Phi) is 6.54. The first-order valence-electron chi connectivity index (χ1n) is 3.23. The fourth-order valence-electron chi connectivity index (χ4n) is 0.470. The standard InChI is InChI=1S/C6H12Cl2O2/c1-3-9-5(7)6(8)10-4-2/h5-6H,3-4H2,1-2H3. The van der Waals surface area contributed by atoms with Gasteiger partial charge in [-0.3, -0.25) is 0 Å². The fourth-order valence-corrected chi connectivity index (χ4v) is 0.867. The third kappa shape index (κ3) is 4.34. The molecule has 0 saturated carbocycles. The van der Waals surface area contributed by atoms with Crippen molar-refractivity contribution in [1.82, 2.24) is 0 Å². The van der Waals surface area contributed by atoms with E-state index in [1.807, 2.05) is 13.8 Å². The van der Waals surface area contributed by atoms with Crippen molar-refractivity contribution >= 4 is 23.2 Å². The summed E-state index contributed by atoms with van der Waals surface area (Å²) in [5, 5.41) is 0. The molecular formula is C6H12Cl2O2. The second-order valence-electron chi connectivity index (χ2n) is 1.61. The van der Waals surface area contributed by atoms with Crippen LogP contribution < -0.4 is 0 Å². The number of rotatable bonds is 5. The number of alkyl halides is 2. The molecule has 0 heterocycles. The van der Waals surface area contributed by atoms with Gasteiger partial charge in [0, 0.05) is 13.2 Å². The second kappa shape index (κ2) is 6.23. The Balaban J connectivity index is 3.38. The van der Waals surface area contributed by atoms with Crippen molar-refractivity contribution in [3.63, 3.8) is 0 Å². The highest BCUT2D eigenvalue weighted by Gasteiger charge is 2.15. The van der Waals surface area contributed by atoms with Crippen LogP contribution in [0, 0.1) is 0 Å². The Hall–Kier alpha value is 0.500. The van der Waals surface area contributed by atoms with Crippen LogP contribution >= 0.6 is 23.2 Å². The average Bonchev–Trinajstić information content (AvgIpc) is 1.89. The molecule has 10 heavy (non-hydrogen) atoms. The normalized spacial score (nSPS) is 16.8. The molecule has 0 N–H and O–H groups in total. The Labute approximate surface area is 71.4 Å². The zero-order valence-electron chi connectivity index (χ0n) is 6.14. The van der Waals surface area contributed by atoms with Crippen LogP contribution in [0.25, 0.3) is 0 Å². The summed E-state index contributed by atoms with van der Waals surface area (Å²) in [6, 6.07) is 0. The molecule has 2 unspecified atom stereocenters. The van der Waals surface area contributed by atoms with Crippen molar-refractivity contribution in [1.29, 1.82) is 0 Å². The molecule has 4 heteroatoms. The van der Waals surface area contributed by atoms with Gasteiger partial charge in [-0.2, -0.15) is 0 Å². The van der Waals surface area contributed by atoms with Gasteiger partial charge in [0.1, 0.15) is 0 Å². The average molecular weight is 187 g/mol. The van der Waals surface area contributed by atoms with Crippen LogP contribution in [0.2, 0.25) is 0 Å². The molecule has 0 saturated heterocycles. The van der Waals surface area contributed by atoms with E-state index in [9.17, 15) is 0 Å². The van der Waals surface area contributed by atoms with Gasteiger partial charge >= 0.3 is 0 Å². The molecule has 2 atom stereocenters. The molecule has 0 amide bonds. The molecule has 0 spiro atoms. The van der Waals surface area contributed by atoms with E-state index in [1.54, 1.807) is 0 Å². The third-order valence-electron chi connectivity index (χ3n) is 0.858. The zero-order valence-corrected chi connectivity index (χ0v) is 7.65. The molecule has 62 valence electrons. The molecule has 2 nitrogen and oxygen atoms in total. The molecule has 0 aromatic heterocycles. The molecule has 0 bridgehead atoms. The van der Waals surface area contributed by atoms with Crippen molar-refractivity contribution in [3.05, 3.63) is 0 Å². The zero-order chi connectivity index (χ0) is 7.98. The molecular weight excluding hydrogens is 175 g/mol. The highest BCUT2D eigenvalue weighted by atomic mass is 35.5. The summed E-state index contributed by atoms with van der Waals surface area (Å²) >= 11 is 11.3. The van der Waals surface area contributed by atoms with E-state index in [2.05, 4.69) is 0 Å². The number of hydrogen-bond acceptors (Lipinski definition) is 2. The van der Waals surface area contributed by atoms with E-state index in [0.29, 0.717) is 13.2 Å². The van der Waals surface area contributed by atoms with Crippen LogP contribution in [0.15, 0.2) is 0 Å². The quantitative estimate of drug-likeness (QED) is 0.614. The van der Waals surface area contributed by atoms with Gasteiger partial charge in [0.2, 0.25) is 0 Å². The molecule has 0 aliphatic rings. The van der Waals surface area contributed by atoms with Crippen molar-refractivity contribution in [3.8, 4) is 0 Å². The van der Waals surface area contributed by atoms with Crippen molar-refractivity contribution < 1.29 is 9.47 Å². The highest BCUT2D eigenvalue weighted by molar-refractivity contribution is 6.28. The predicted molar refractivity (Wildman–Crippen MR) is 42.5 cm³/mol. The molecule has 0 aliphatic carbocycles. The van der Waals surface area contributed by atoms with E-state index < -0.39 is 11.1 Å². The van der Waals surface area contributed by atoms with Gasteiger partial charge in [0.25, 0.3) is 0 Å². The SMILES string of the molecule is CCOC(Cl)C(Cl)OCC. The van der Waals surface area contributed by atoms with Crippen molar-refractivity contribution in [2.75, 3.05) is 13.2 Å². The lowest BCUT2D eigenvalue weighted by Crippen LogP contribution is -2.21. The minimum atomic E-state index is -0.549. The number of hydrogen-bond donors (Lipinski definition) is 0.